The number of non-ortho nitro benzene ring substituents is 1. The summed E-state index contributed by atoms with van der Waals surface area (Å²) in [5.41, 5.74) is 0.878. The number of benzene rings is 1. The van der Waals surface area contributed by atoms with Crippen LogP contribution in [0.15, 0.2) is 18.2 Å². The van der Waals surface area contributed by atoms with Gasteiger partial charge in [0.2, 0.25) is 0 Å². The highest BCUT2D eigenvalue weighted by atomic mass is 32.1. The molecular formula is C18H27FN2O4S. The van der Waals surface area contributed by atoms with E-state index >= 15 is 0 Å². The van der Waals surface area contributed by atoms with Crippen LogP contribution >= 0.6 is 10.9 Å². The molecule has 0 saturated heterocycles. The Morgan fingerprint density at radius 1 is 1.27 bits per heavy atom. The van der Waals surface area contributed by atoms with Crippen LogP contribution in [0.25, 0.3) is 0 Å². The fraction of sp³-hybridized carbons (Fsp3) is 0.556. The fourth-order valence-corrected chi connectivity index (χ4v) is 2.72. The lowest BCUT2D eigenvalue weighted by Crippen LogP contribution is -2.34. The Morgan fingerprint density at radius 3 is 2.35 bits per heavy atom. The standard InChI is InChI=1S/C18H27FN2O4S/c1-17(2,3)24-12-26-16(25-18(4,5)6)20(7)11-13-8-9-14(21(22)23)10-15(13)19/h8-10,12H,11H2,1-7H3. The van der Waals surface area contributed by atoms with Crippen molar-refractivity contribution in [3.63, 3.8) is 0 Å². The largest absolute Gasteiger partial charge is 0.338 e. The van der Waals surface area contributed by atoms with Crippen molar-refractivity contribution in [1.29, 1.82) is 0 Å². The van der Waals surface area contributed by atoms with Crippen molar-refractivity contribution in [3.8, 4) is 0 Å². The maximum absolute atomic E-state index is 14.2. The quantitative estimate of drug-likeness (QED) is 0.437. The second-order valence-corrected chi connectivity index (χ2v) is 8.59. The molecule has 0 aliphatic rings. The van der Waals surface area contributed by atoms with Crippen LogP contribution in [0.1, 0.15) is 47.1 Å². The van der Waals surface area contributed by atoms with Crippen LogP contribution < -0.4 is 0 Å². The minimum atomic E-state index is -0.624. The van der Waals surface area contributed by atoms with Gasteiger partial charge in [-0.15, -0.1) is 0 Å². The molecule has 0 atom stereocenters. The number of nitrogens with zero attached hydrogens (tertiary/aromatic N) is 2. The highest BCUT2D eigenvalue weighted by molar-refractivity contribution is 7.96. The van der Waals surface area contributed by atoms with Gasteiger partial charge < -0.3 is 9.47 Å². The van der Waals surface area contributed by atoms with Gasteiger partial charge in [-0.2, -0.15) is 0 Å². The predicted octanol–water partition coefficient (Wildman–Crippen LogP) is 4.38. The Kier molecular flexibility index (Phi) is 7.64. The van der Waals surface area contributed by atoms with Crippen LogP contribution in [0.3, 0.4) is 0 Å². The summed E-state index contributed by atoms with van der Waals surface area (Å²) in [5.74, 6) is -0.624. The van der Waals surface area contributed by atoms with Gasteiger partial charge in [0.1, 0.15) is 5.82 Å². The van der Waals surface area contributed by atoms with Crippen LogP contribution in [0.4, 0.5) is 10.1 Å². The van der Waals surface area contributed by atoms with E-state index in [1.165, 1.54) is 23.1 Å². The monoisotopic (exact) mass is 386 g/mol. The molecular weight excluding hydrogens is 359 g/mol. The zero-order valence-electron chi connectivity index (χ0n) is 16.3. The molecule has 0 N–H and O–H groups in total. The minimum Gasteiger partial charge on any atom is -0.338 e. The molecule has 1 aromatic carbocycles. The molecule has 0 aliphatic carbocycles. The number of nitro benzene ring substituents is 1. The van der Waals surface area contributed by atoms with Crippen molar-refractivity contribution in [3.05, 3.63) is 39.7 Å². The van der Waals surface area contributed by atoms with Crippen LogP contribution in [0.5, 0.6) is 0 Å². The number of hydrogen-bond acceptors (Lipinski definition) is 4. The molecule has 0 heterocycles. The van der Waals surface area contributed by atoms with Gasteiger partial charge in [-0.1, -0.05) is 10.9 Å². The lowest BCUT2D eigenvalue weighted by molar-refractivity contribution is -0.385. The third kappa shape index (κ3) is 8.18. The Hall–Kier alpha value is -1.61. The Labute approximate surface area is 157 Å². The van der Waals surface area contributed by atoms with Crippen molar-refractivity contribution < 1.29 is 18.8 Å². The van der Waals surface area contributed by atoms with E-state index in [9.17, 15) is 14.5 Å². The highest BCUT2D eigenvalue weighted by Gasteiger charge is 2.19. The number of nitro groups is 1. The van der Waals surface area contributed by atoms with Crippen LogP contribution in [-0.2, 0) is 16.0 Å². The van der Waals surface area contributed by atoms with Gasteiger partial charge in [0.05, 0.1) is 27.7 Å². The number of hydrogen-bond donors (Lipinski definition) is 0. The van der Waals surface area contributed by atoms with Crippen molar-refractivity contribution in [2.24, 2.45) is 0 Å². The van der Waals surface area contributed by atoms with Gasteiger partial charge in [-0.3, -0.25) is 10.1 Å². The Morgan fingerprint density at radius 2 is 1.88 bits per heavy atom. The zero-order valence-corrected chi connectivity index (χ0v) is 17.1. The molecule has 0 spiro atoms. The van der Waals surface area contributed by atoms with Crippen LogP contribution in [-0.4, -0.2) is 38.8 Å². The van der Waals surface area contributed by atoms with Crippen molar-refractivity contribution in [1.82, 2.24) is 4.90 Å². The molecule has 146 valence electrons. The topological polar surface area (TPSA) is 64.8 Å². The molecule has 0 radical (unpaired) electrons. The molecule has 1 rings (SSSR count). The van der Waals surface area contributed by atoms with Crippen molar-refractivity contribution >= 4 is 27.4 Å². The van der Waals surface area contributed by atoms with Gasteiger partial charge in [-0.05, 0) is 54.7 Å². The van der Waals surface area contributed by atoms with E-state index in [2.05, 4.69) is 0 Å². The van der Waals surface area contributed by atoms with Crippen LogP contribution in [0.2, 0.25) is 0 Å². The van der Waals surface area contributed by atoms with E-state index in [-0.39, 0.29) is 17.8 Å². The molecule has 0 unspecified atom stereocenters. The molecule has 0 saturated carbocycles. The minimum absolute atomic E-state index is 0.200. The summed E-state index contributed by atoms with van der Waals surface area (Å²) in [5, 5.41) is 11.3. The summed E-state index contributed by atoms with van der Waals surface area (Å²) in [4.78, 5) is 11.9. The number of halogens is 1. The van der Waals surface area contributed by atoms with Crippen molar-refractivity contribution in [2.45, 2.75) is 59.3 Å². The molecule has 26 heavy (non-hydrogen) atoms. The van der Waals surface area contributed by atoms with E-state index in [1.54, 1.807) is 17.5 Å². The summed E-state index contributed by atoms with van der Waals surface area (Å²) in [6, 6.07) is 3.63. The molecule has 8 heteroatoms. The van der Waals surface area contributed by atoms with Gasteiger partial charge in [-0.25, -0.2) is 9.29 Å². The van der Waals surface area contributed by atoms with E-state index in [0.29, 0.717) is 10.7 Å². The first-order valence-corrected chi connectivity index (χ1v) is 9.02. The third-order valence-corrected chi connectivity index (χ3v) is 3.70. The summed E-state index contributed by atoms with van der Waals surface area (Å²) in [7, 11) is 3.02. The SMILES string of the molecule is CN(Cc1ccc([N+](=O)[O-])cc1F)C(OC(C)(C)C)=S=COC(C)(C)C. The van der Waals surface area contributed by atoms with Gasteiger partial charge in [0.25, 0.3) is 5.69 Å². The van der Waals surface area contributed by atoms with Gasteiger partial charge >= 0.3 is 0 Å². The summed E-state index contributed by atoms with van der Waals surface area (Å²) in [6.07, 6.45) is 0. The second kappa shape index (κ2) is 8.85. The first kappa shape index (κ1) is 22.4. The maximum atomic E-state index is 14.2. The summed E-state index contributed by atoms with van der Waals surface area (Å²) < 4.78 is 25.7. The van der Waals surface area contributed by atoms with E-state index in [4.69, 9.17) is 9.47 Å². The summed E-state index contributed by atoms with van der Waals surface area (Å²) >= 11 is 0. The number of rotatable bonds is 4. The molecule has 0 aromatic heterocycles. The van der Waals surface area contributed by atoms with Gasteiger partial charge in [0, 0.05) is 18.2 Å². The van der Waals surface area contributed by atoms with Crippen LogP contribution in [0, 0.1) is 15.9 Å². The molecule has 6 nitrogen and oxygen atoms in total. The maximum Gasteiger partial charge on any atom is 0.272 e. The van der Waals surface area contributed by atoms with Gasteiger partial charge in [0.15, 0.2) is 5.17 Å². The zero-order chi connectivity index (χ0) is 20.1. The lowest BCUT2D eigenvalue weighted by Gasteiger charge is -2.26. The normalized spacial score (nSPS) is 12.2. The molecule has 0 aliphatic heterocycles. The molecule has 0 fully saturated rings. The highest BCUT2D eigenvalue weighted by Crippen LogP contribution is 2.19. The predicted molar refractivity (Wildman–Crippen MR) is 105 cm³/mol. The van der Waals surface area contributed by atoms with E-state index < -0.39 is 16.3 Å². The lowest BCUT2D eigenvalue weighted by atomic mass is 10.2. The molecule has 1 aromatic rings. The first-order valence-electron chi connectivity index (χ1n) is 8.14. The van der Waals surface area contributed by atoms with E-state index in [1.807, 2.05) is 41.5 Å². The second-order valence-electron chi connectivity index (χ2n) is 7.81. The smallest absolute Gasteiger partial charge is 0.272 e. The fourth-order valence-electron chi connectivity index (χ4n) is 1.76. The van der Waals surface area contributed by atoms with E-state index in [0.717, 1.165) is 6.07 Å². The average Bonchev–Trinajstić information content (AvgIpc) is 2.45. The van der Waals surface area contributed by atoms with Crippen molar-refractivity contribution in [2.75, 3.05) is 7.05 Å². The Balaban J connectivity index is 3.07. The molecule has 0 amide bonds. The Bertz CT molecular complexity index is 717. The first-order chi connectivity index (χ1) is 11.8. The third-order valence-electron chi connectivity index (χ3n) is 2.91. The number of ether oxygens (including phenoxy) is 2. The summed E-state index contributed by atoms with van der Waals surface area (Å²) in [6.45, 7) is 11.7. The average molecular weight is 386 g/mol. The molecule has 0 bridgehead atoms.